The average Bonchev–Trinajstić information content (AvgIpc) is 2.70. The lowest BCUT2D eigenvalue weighted by molar-refractivity contribution is 0.0954. The minimum absolute atomic E-state index is 0.142. The van der Waals surface area contributed by atoms with Crippen LogP contribution in [0.1, 0.15) is 58.4 Å². The molecule has 0 radical (unpaired) electrons. The third kappa shape index (κ3) is 5.30. The second-order valence-electron chi connectivity index (χ2n) is 6.96. The van der Waals surface area contributed by atoms with Gasteiger partial charge in [-0.15, -0.1) is 0 Å². The van der Waals surface area contributed by atoms with Crippen molar-refractivity contribution in [3.8, 4) is 0 Å². The summed E-state index contributed by atoms with van der Waals surface area (Å²) in [5.74, 6) is -0.358. The number of allylic oxidation sites excluding steroid dienone is 1. The molecule has 2 aromatic rings. The lowest BCUT2D eigenvalue weighted by Gasteiger charge is -2.13. The zero-order valence-electron chi connectivity index (χ0n) is 15.8. The van der Waals surface area contributed by atoms with Crippen molar-refractivity contribution in [1.82, 2.24) is 5.32 Å². The molecule has 0 saturated heterocycles. The van der Waals surface area contributed by atoms with Gasteiger partial charge in [-0.3, -0.25) is 9.59 Å². The van der Waals surface area contributed by atoms with Crippen LogP contribution in [0, 0.1) is 6.92 Å². The van der Waals surface area contributed by atoms with Gasteiger partial charge >= 0.3 is 0 Å². The van der Waals surface area contributed by atoms with Gasteiger partial charge in [-0.25, -0.2) is 0 Å². The molecule has 0 heterocycles. The van der Waals surface area contributed by atoms with E-state index in [-0.39, 0.29) is 11.8 Å². The van der Waals surface area contributed by atoms with Crippen molar-refractivity contribution in [1.29, 1.82) is 0 Å². The van der Waals surface area contributed by atoms with Gasteiger partial charge in [0, 0.05) is 23.4 Å². The molecule has 1 aliphatic rings. The first kappa shape index (κ1) is 18.9. The van der Waals surface area contributed by atoms with Gasteiger partial charge in [-0.2, -0.15) is 0 Å². The van der Waals surface area contributed by atoms with Crippen molar-refractivity contribution in [2.24, 2.45) is 0 Å². The Morgan fingerprint density at radius 3 is 2.48 bits per heavy atom. The zero-order valence-corrected chi connectivity index (χ0v) is 15.8. The molecule has 1 aliphatic carbocycles. The monoisotopic (exact) mass is 362 g/mol. The van der Waals surface area contributed by atoms with Crippen LogP contribution in [0.2, 0.25) is 0 Å². The number of hydrogen-bond donors (Lipinski definition) is 2. The van der Waals surface area contributed by atoms with Crippen molar-refractivity contribution < 1.29 is 9.59 Å². The first-order valence-electron chi connectivity index (χ1n) is 9.56. The maximum atomic E-state index is 12.5. The highest BCUT2D eigenvalue weighted by molar-refractivity contribution is 6.06. The van der Waals surface area contributed by atoms with E-state index in [4.69, 9.17) is 0 Å². The Bertz CT molecular complexity index is 855. The minimum Gasteiger partial charge on any atom is -0.352 e. The van der Waals surface area contributed by atoms with Gasteiger partial charge in [-0.1, -0.05) is 35.9 Å². The number of carbonyl (C=O) groups is 2. The van der Waals surface area contributed by atoms with Crippen LogP contribution in [0.25, 0.3) is 0 Å². The first-order chi connectivity index (χ1) is 13.1. The summed E-state index contributed by atoms with van der Waals surface area (Å²) in [6, 6.07) is 14.5. The van der Waals surface area contributed by atoms with E-state index in [9.17, 15) is 9.59 Å². The van der Waals surface area contributed by atoms with Crippen LogP contribution < -0.4 is 10.6 Å². The van der Waals surface area contributed by atoms with Crippen LogP contribution in [0.5, 0.6) is 0 Å². The normalized spacial score (nSPS) is 13.6. The number of hydrogen-bond acceptors (Lipinski definition) is 2. The molecule has 4 nitrogen and oxygen atoms in total. The fourth-order valence-corrected chi connectivity index (χ4v) is 3.28. The molecule has 0 spiro atoms. The van der Waals surface area contributed by atoms with Crippen molar-refractivity contribution >= 4 is 17.5 Å². The Labute approximate surface area is 160 Å². The number of rotatable bonds is 6. The summed E-state index contributed by atoms with van der Waals surface area (Å²) in [7, 11) is 0. The summed E-state index contributed by atoms with van der Waals surface area (Å²) in [4.78, 5) is 24.9. The highest BCUT2D eigenvalue weighted by Crippen LogP contribution is 2.19. The number of nitrogens with one attached hydrogen (secondary N) is 2. The summed E-state index contributed by atoms with van der Waals surface area (Å²) in [6.45, 7) is 2.57. The molecule has 27 heavy (non-hydrogen) atoms. The number of anilines is 1. The largest absolute Gasteiger partial charge is 0.352 e. The highest BCUT2D eigenvalue weighted by atomic mass is 16.2. The number of benzene rings is 2. The predicted molar refractivity (Wildman–Crippen MR) is 109 cm³/mol. The molecule has 0 saturated carbocycles. The quantitative estimate of drug-likeness (QED) is 0.721. The van der Waals surface area contributed by atoms with Crippen molar-refractivity contribution in [2.75, 3.05) is 11.9 Å². The van der Waals surface area contributed by atoms with E-state index in [0.29, 0.717) is 17.7 Å². The molecule has 140 valence electrons. The molecular formula is C23H26N2O2. The van der Waals surface area contributed by atoms with Gasteiger partial charge < -0.3 is 10.6 Å². The van der Waals surface area contributed by atoms with Crippen molar-refractivity contribution in [3.63, 3.8) is 0 Å². The van der Waals surface area contributed by atoms with Crippen molar-refractivity contribution in [2.45, 2.75) is 39.0 Å². The maximum absolute atomic E-state index is 12.5. The molecular weight excluding hydrogens is 336 g/mol. The first-order valence-corrected chi connectivity index (χ1v) is 9.56. The van der Waals surface area contributed by atoms with Gasteiger partial charge in [0.15, 0.2) is 0 Å². The molecule has 0 aromatic heterocycles. The molecule has 0 unspecified atom stereocenters. The van der Waals surface area contributed by atoms with E-state index >= 15 is 0 Å². The Hall–Kier alpha value is -2.88. The van der Waals surface area contributed by atoms with Crippen LogP contribution in [-0.2, 0) is 0 Å². The summed E-state index contributed by atoms with van der Waals surface area (Å²) in [6.07, 6.45) is 8.02. The Morgan fingerprint density at radius 1 is 0.963 bits per heavy atom. The van der Waals surface area contributed by atoms with Crippen LogP contribution >= 0.6 is 0 Å². The van der Waals surface area contributed by atoms with E-state index < -0.39 is 0 Å². The molecule has 4 heteroatoms. The lowest BCUT2D eigenvalue weighted by atomic mass is 9.97. The second-order valence-corrected chi connectivity index (χ2v) is 6.96. The van der Waals surface area contributed by atoms with Crippen molar-refractivity contribution in [3.05, 3.63) is 76.9 Å². The summed E-state index contributed by atoms with van der Waals surface area (Å²) >= 11 is 0. The average molecular weight is 362 g/mol. The molecule has 3 rings (SSSR count). The fourth-order valence-electron chi connectivity index (χ4n) is 3.28. The fraction of sp³-hybridized carbons (Fsp3) is 0.304. The smallest absolute Gasteiger partial charge is 0.255 e. The van der Waals surface area contributed by atoms with E-state index in [0.717, 1.165) is 30.5 Å². The number of para-hydroxylation sites is 1. The maximum Gasteiger partial charge on any atom is 0.255 e. The predicted octanol–water partition coefficient (Wildman–Crippen LogP) is 4.87. The third-order valence-electron chi connectivity index (χ3n) is 4.90. The molecule has 0 bridgehead atoms. The Morgan fingerprint density at radius 2 is 1.74 bits per heavy atom. The van der Waals surface area contributed by atoms with Gasteiger partial charge in [0.1, 0.15) is 0 Å². The molecule has 2 N–H and O–H groups in total. The van der Waals surface area contributed by atoms with E-state index in [1.54, 1.807) is 24.3 Å². The van der Waals surface area contributed by atoms with Gasteiger partial charge in [0.25, 0.3) is 11.8 Å². The topological polar surface area (TPSA) is 58.2 Å². The van der Waals surface area contributed by atoms with Crippen LogP contribution in [0.3, 0.4) is 0 Å². The van der Waals surface area contributed by atoms with Gasteiger partial charge in [0.2, 0.25) is 0 Å². The Balaban J connectivity index is 1.59. The van der Waals surface area contributed by atoms with Crippen LogP contribution in [-0.4, -0.2) is 18.4 Å². The number of amides is 2. The second kappa shape index (κ2) is 9.17. The molecule has 0 fully saturated rings. The SMILES string of the molecule is Cc1ccccc1NC(=O)c1cccc(C(=O)NCCC2=CCCCC2)c1. The summed E-state index contributed by atoms with van der Waals surface area (Å²) in [5, 5.41) is 5.86. The molecule has 2 aromatic carbocycles. The molecule has 0 aliphatic heterocycles. The number of carbonyl (C=O) groups excluding carboxylic acids is 2. The van der Waals surface area contributed by atoms with E-state index in [1.165, 1.54) is 18.4 Å². The summed E-state index contributed by atoms with van der Waals surface area (Å²) < 4.78 is 0. The van der Waals surface area contributed by atoms with Crippen LogP contribution in [0.4, 0.5) is 5.69 Å². The van der Waals surface area contributed by atoms with E-state index in [1.807, 2.05) is 31.2 Å². The van der Waals surface area contributed by atoms with Gasteiger partial charge in [0.05, 0.1) is 0 Å². The number of aryl methyl sites for hydroxylation is 1. The zero-order chi connectivity index (χ0) is 19.1. The standard InChI is InChI=1S/C23H26N2O2/c1-17-8-5-6-13-21(17)25-23(27)20-12-7-11-19(16-20)22(26)24-15-14-18-9-3-2-4-10-18/h5-9,11-13,16H,2-4,10,14-15H2,1H3,(H,24,26)(H,25,27). The highest BCUT2D eigenvalue weighted by Gasteiger charge is 2.12. The van der Waals surface area contributed by atoms with Gasteiger partial charge in [-0.05, 0) is 68.9 Å². The van der Waals surface area contributed by atoms with E-state index in [2.05, 4.69) is 16.7 Å². The molecule has 0 atom stereocenters. The Kier molecular flexibility index (Phi) is 6.42. The summed E-state index contributed by atoms with van der Waals surface area (Å²) in [5.41, 5.74) is 4.19. The third-order valence-corrected chi connectivity index (χ3v) is 4.90. The minimum atomic E-state index is -0.216. The van der Waals surface area contributed by atoms with Crippen LogP contribution in [0.15, 0.2) is 60.2 Å². The lowest BCUT2D eigenvalue weighted by Crippen LogP contribution is -2.25. The molecule has 2 amide bonds.